The molecule has 3 rings (SSSR count). The molecule has 0 fully saturated rings. The first kappa shape index (κ1) is 9.70. The van der Waals surface area contributed by atoms with Gasteiger partial charge in [-0.25, -0.2) is 15.0 Å². The molecule has 86 valence electrons. The largest absolute Gasteiger partial charge is 0.368 e. The molecular formula is C9H9N7O. The molecule has 3 heterocycles. The van der Waals surface area contributed by atoms with Crippen molar-refractivity contribution in [2.24, 2.45) is 0 Å². The molecule has 0 saturated heterocycles. The highest BCUT2D eigenvalue weighted by Gasteiger charge is 2.05. The normalized spacial score (nSPS) is 10.8. The average Bonchev–Trinajstić information content (AvgIpc) is 2.99. The molecule has 0 aliphatic heterocycles. The first-order valence-corrected chi connectivity index (χ1v) is 5.07. The number of hydrogen-bond acceptors (Lipinski definition) is 7. The summed E-state index contributed by atoms with van der Waals surface area (Å²) in [7, 11) is 0. The fraction of sp³-hybridized carbons (Fsp3) is 0.222. The Morgan fingerprint density at radius 1 is 1.18 bits per heavy atom. The van der Waals surface area contributed by atoms with Crippen LogP contribution in [-0.2, 0) is 6.42 Å². The van der Waals surface area contributed by atoms with Gasteiger partial charge in [0.15, 0.2) is 17.8 Å². The van der Waals surface area contributed by atoms with Crippen LogP contribution in [0.15, 0.2) is 23.5 Å². The van der Waals surface area contributed by atoms with Gasteiger partial charge in [0.25, 0.3) is 0 Å². The fourth-order valence-electron chi connectivity index (χ4n) is 1.49. The van der Waals surface area contributed by atoms with Gasteiger partial charge in [-0.05, 0) is 0 Å². The van der Waals surface area contributed by atoms with Crippen LogP contribution < -0.4 is 5.32 Å². The SMILES string of the molecule is c1noc(CCNc2ncnc3nc[nH]c23)n1. The number of aromatic amines is 1. The number of H-pyrrole nitrogens is 1. The predicted octanol–water partition coefficient (Wildman–Crippen LogP) is 0.390. The first-order chi connectivity index (χ1) is 8.43. The number of fused-ring (bicyclic) bond motifs is 1. The van der Waals surface area contributed by atoms with E-state index in [4.69, 9.17) is 4.52 Å². The van der Waals surface area contributed by atoms with E-state index in [-0.39, 0.29) is 0 Å². The van der Waals surface area contributed by atoms with Crippen molar-refractivity contribution in [3.8, 4) is 0 Å². The zero-order valence-corrected chi connectivity index (χ0v) is 8.79. The van der Waals surface area contributed by atoms with Gasteiger partial charge in [-0.15, -0.1) is 0 Å². The average molecular weight is 231 g/mol. The molecule has 0 spiro atoms. The summed E-state index contributed by atoms with van der Waals surface area (Å²) in [6.07, 6.45) is 5.08. The van der Waals surface area contributed by atoms with Crippen LogP contribution in [0.3, 0.4) is 0 Å². The Labute approximate surface area is 95.5 Å². The van der Waals surface area contributed by atoms with Crippen LogP contribution in [-0.4, -0.2) is 36.6 Å². The standard InChI is InChI=1S/C9H9N7O/c1(6-11-5-16-17-6)2-10-8-7-9(13-3-12-7)15-4-14-8/h3-5H,1-2H2,(H2,10,12,13,14,15). The Balaban J connectivity index is 1.70. The van der Waals surface area contributed by atoms with Crippen LogP contribution in [0.2, 0.25) is 0 Å². The molecule has 8 nitrogen and oxygen atoms in total. The van der Waals surface area contributed by atoms with Crippen LogP contribution in [0.25, 0.3) is 11.2 Å². The highest BCUT2D eigenvalue weighted by atomic mass is 16.5. The molecule has 0 aliphatic rings. The maximum atomic E-state index is 4.89. The third-order valence-corrected chi connectivity index (χ3v) is 2.26. The van der Waals surface area contributed by atoms with Crippen LogP contribution >= 0.6 is 0 Å². The number of aromatic nitrogens is 6. The monoisotopic (exact) mass is 231 g/mol. The lowest BCUT2D eigenvalue weighted by molar-refractivity contribution is 0.379. The second-order valence-corrected chi connectivity index (χ2v) is 3.34. The number of nitrogens with zero attached hydrogens (tertiary/aromatic N) is 5. The van der Waals surface area contributed by atoms with Gasteiger partial charge in [0.2, 0.25) is 5.89 Å². The Kier molecular flexibility index (Phi) is 2.37. The summed E-state index contributed by atoms with van der Waals surface area (Å²) in [5.74, 6) is 1.31. The maximum absolute atomic E-state index is 4.89. The summed E-state index contributed by atoms with van der Waals surface area (Å²) in [5.41, 5.74) is 1.43. The Hall–Kier alpha value is -2.51. The molecule has 0 bridgehead atoms. The topological polar surface area (TPSA) is 105 Å². The second kappa shape index (κ2) is 4.16. The van der Waals surface area contributed by atoms with Gasteiger partial charge in [0, 0.05) is 13.0 Å². The molecule has 17 heavy (non-hydrogen) atoms. The number of anilines is 1. The van der Waals surface area contributed by atoms with Crippen LogP contribution in [0.4, 0.5) is 5.82 Å². The summed E-state index contributed by atoms with van der Waals surface area (Å²) in [5, 5.41) is 6.70. The highest BCUT2D eigenvalue weighted by Crippen LogP contribution is 2.13. The summed E-state index contributed by atoms with van der Waals surface area (Å²) in [4.78, 5) is 19.1. The van der Waals surface area contributed by atoms with Crippen molar-refractivity contribution in [3.63, 3.8) is 0 Å². The van der Waals surface area contributed by atoms with E-state index in [1.165, 1.54) is 12.7 Å². The van der Waals surface area contributed by atoms with Gasteiger partial charge < -0.3 is 14.8 Å². The van der Waals surface area contributed by atoms with Gasteiger partial charge in [0.05, 0.1) is 6.33 Å². The van der Waals surface area contributed by atoms with Crippen LogP contribution in [0.1, 0.15) is 5.89 Å². The molecule has 0 amide bonds. The Morgan fingerprint density at radius 2 is 2.18 bits per heavy atom. The molecule has 3 aromatic rings. The van der Waals surface area contributed by atoms with E-state index in [1.807, 2.05) is 0 Å². The van der Waals surface area contributed by atoms with E-state index < -0.39 is 0 Å². The van der Waals surface area contributed by atoms with Gasteiger partial charge in [-0.2, -0.15) is 4.98 Å². The molecule has 0 atom stereocenters. The van der Waals surface area contributed by atoms with E-state index in [0.717, 1.165) is 5.52 Å². The third kappa shape index (κ3) is 1.92. The molecule has 8 heteroatoms. The van der Waals surface area contributed by atoms with Crippen LogP contribution in [0, 0.1) is 0 Å². The molecule has 3 aromatic heterocycles. The van der Waals surface area contributed by atoms with Crippen molar-refractivity contribution in [1.82, 2.24) is 30.1 Å². The number of nitrogens with one attached hydrogen (secondary N) is 2. The second-order valence-electron chi connectivity index (χ2n) is 3.34. The number of rotatable bonds is 4. The first-order valence-electron chi connectivity index (χ1n) is 5.07. The predicted molar refractivity (Wildman–Crippen MR) is 58.2 cm³/mol. The lowest BCUT2D eigenvalue weighted by atomic mass is 10.4. The Morgan fingerprint density at radius 3 is 3.06 bits per heavy atom. The summed E-state index contributed by atoms with van der Waals surface area (Å²) in [6, 6.07) is 0. The molecule has 0 aromatic carbocycles. The molecule has 2 N–H and O–H groups in total. The van der Waals surface area contributed by atoms with Crippen molar-refractivity contribution in [2.45, 2.75) is 6.42 Å². The van der Waals surface area contributed by atoms with E-state index in [2.05, 4.69) is 35.4 Å². The van der Waals surface area contributed by atoms with Crippen molar-refractivity contribution < 1.29 is 4.52 Å². The molecular weight excluding hydrogens is 222 g/mol. The van der Waals surface area contributed by atoms with E-state index in [1.54, 1.807) is 6.33 Å². The number of hydrogen-bond donors (Lipinski definition) is 2. The summed E-state index contributed by atoms with van der Waals surface area (Å²) >= 11 is 0. The van der Waals surface area contributed by atoms with Gasteiger partial charge >= 0.3 is 0 Å². The molecule has 0 saturated carbocycles. The minimum absolute atomic E-state index is 0.590. The Bertz CT molecular complexity index is 603. The molecule has 0 unspecified atom stereocenters. The minimum atomic E-state index is 0.590. The lowest BCUT2D eigenvalue weighted by Crippen LogP contribution is -2.07. The van der Waals surface area contributed by atoms with Gasteiger partial charge in [-0.3, -0.25) is 0 Å². The van der Waals surface area contributed by atoms with Gasteiger partial charge in [-0.1, -0.05) is 5.16 Å². The van der Waals surface area contributed by atoms with Crippen molar-refractivity contribution >= 4 is 17.0 Å². The highest BCUT2D eigenvalue weighted by molar-refractivity contribution is 5.81. The van der Waals surface area contributed by atoms with Crippen LogP contribution in [0.5, 0.6) is 0 Å². The third-order valence-electron chi connectivity index (χ3n) is 2.26. The van der Waals surface area contributed by atoms with E-state index in [9.17, 15) is 0 Å². The maximum Gasteiger partial charge on any atom is 0.228 e. The fourth-order valence-corrected chi connectivity index (χ4v) is 1.49. The van der Waals surface area contributed by atoms with E-state index >= 15 is 0 Å². The summed E-state index contributed by atoms with van der Waals surface area (Å²) < 4.78 is 4.89. The van der Waals surface area contributed by atoms with E-state index in [0.29, 0.717) is 30.3 Å². The zero-order valence-electron chi connectivity index (χ0n) is 8.79. The number of imidazole rings is 1. The minimum Gasteiger partial charge on any atom is -0.368 e. The zero-order chi connectivity index (χ0) is 11.5. The smallest absolute Gasteiger partial charge is 0.228 e. The quantitative estimate of drug-likeness (QED) is 0.669. The lowest BCUT2D eigenvalue weighted by Gasteiger charge is -2.03. The summed E-state index contributed by atoms with van der Waals surface area (Å²) in [6.45, 7) is 0.646. The van der Waals surface area contributed by atoms with Crippen molar-refractivity contribution in [2.75, 3.05) is 11.9 Å². The van der Waals surface area contributed by atoms with Gasteiger partial charge in [0.1, 0.15) is 11.8 Å². The molecule has 0 radical (unpaired) electrons. The molecule has 0 aliphatic carbocycles. The van der Waals surface area contributed by atoms with Crippen molar-refractivity contribution in [1.29, 1.82) is 0 Å². The van der Waals surface area contributed by atoms with Crippen molar-refractivity contribution in [3.05, 3.63) is 24.9 Å².